The number of nitrogens with zero attached hydrogens (tertiary/aromatic N) is 1. The first-order valence-corrected chi connectivity index (χ1v) is 10.2. The third-order valence-corrected chi connectivity index (χ3v) is 4.93. The van der Waals surface area contributed by atoms with Crippen molar-refractivity contribution in [3.05, 3.63) is 83.2 Å². The Morgan fingerprint density at radius 1 is 0.906 bits per heavy atom. The van der Waals surface area contributed by atoms with Crippen LogP contribution in [0.4, 0.5) is 0 Å². The number of benzene rings is 2. The Labute approximate surface area is 187 Å². The monoisotopic (exact) mass is 434 g/mol. The van der Waals surface area contributed by atoms with Crippen molar-refractivity contribution in [1.82, 2.24) is 9.88 Å². The lowest BCUT2D eigenvalue weighted by molar-refractivity contribution is -0.143. The zero-order valence-electron chi connectivity index (χ0n) is 18.4. The Morgan fingerprint density at radius 2 is 1.59 bits per heavy atom. The van der Waals surface area contributed by atoms with Crippen molar-refractivity contribution >= 4 is 17.7 Å². The average molecular weight is 434 g/mol. The van der Waals surface area contributed by atoms with Gasteiger partial charge in [0.1, 0.15) is 12.3 Å². The maximum Gasteiger partial charge on any atom is 0.325 e. The first-order chi connectivity index (χ1) is 15.3. The van der Waals surface area contributed by atoms with Crippen LogP contribution in [-0.4, -0.2) is 42.0 Å². The van der Waals surface area contributed by atoms with Crippen molar-refractivity contribution in [1.29, 1.82) is 0 Å². The predicted molar refractivity (Wildman–Crippen MR) is 120 cm³/mol. The van der Waals surface area contributed by atoms with Crippen molar-refractivity contribution in [3.8, 4) is 11.4 Å². The number of ketones is 1. The molecule has 0 radical (unpaired) electrons. The van der Waals surface area contributed by atoms with E-state index < -0.39 is 18.5 Å². The Morgan fingerprint density at radius 3 is 2.28 bits per heavy atom. The molecule has 0 aliphatic carbocycles. The molecule has 7 heteroatoms. The van der Waals surface area contributed by atoms with Crippen LogP contribution in [0.15, 0.2) is 60.7 Å². The van der Waals surface area contributed by atoms with Gasteiger partial charge in [-0.25, -0.2) is 0 Å². The van der Waals surface area contributed by atoms with Crippen LogP contribution >= 0.6 is 0 Å². The first-order valence-electron chi connectivity index (χ1n) is 10.2. The fourth-order valence-corrected chi connectivity index (χ4v) is 3.30. The predicted octanol–water partition coefficient (Wildman–Crippen LogP) is 3.32. The largest absolute Gasteiger partial charge is 0.484 e. The van der Waals surface area contributed by atoms with Crippen LogP contribution in [0.5, 0.6) is 5.75 Å². The summed E-state index contributed by atoms with van der Waals surface area (Å²) in [7, 11) is 0. The van der Waals surface area contributed by atoms with Gasteiger partial charge in [-0.2, -0.15) is 0 Å². The van der Waals surface area contributed by atoms with Gasteiger partial charge in [0.25, 0.3) is 5.91 Å². The molecule has 0 aliphatic heterocycles. The normalized spacial score (nSPS) is 10.5. The number of esters is 1. The third-order valence-electron chi connectivity index (χ3n) is 4.93. The molecule has 1 aromatic heterocycles. The summed E-state index contributed by atoms with van der Waals surface area (Å²) in [6.07, 6.45) is 0. The highest BCUT2D eigenvalue weighted by Gasteiger charge is 2.18. The number of carbonyl (C=O) groups excluding carboxylic acids is 3. The quantitative estimate of drug-likeness (QED) is 0.412. The number of aryl methyl sites for hydroxylation is 2. The van der Waals surface area contributed by atoms with Crippen molar-refractivity contribution in [3.63, 3.8) is 0 Å². The van der Waals surface area contributed by atoms with Crippen LogP contribution in [0.1, 0.15) is 27.3 Å². The van der Waals surface area contributed by atoms with Crippen LogP contribution in [0.25, 0.3) is 5.69 Å². The Bertz CT molecular complexity index is 1100. The van der Waals surface area contributed by atoms with E-state index in [-0.39, 0.29) is 18.9 Å². The summed E-state index contributed by atoms with van der Waals surface area (Å²) >= 11 is 0. The van der Waals surface area contributed by atoms with Gasteiger partial charge in [0, 0.05) is 22.6 Å². The molecule has 3 aromatic rings. The lowest BCUT2D eigenvalue weighted by Gasteiger charge is -2.10. The van der Waals surface area contributed by atoms with Gasteiger partial charge < -0.3 is 19.4 Å². The van der Waals surface area contributed by atoms with E-state index in [0.29, 0.717) is 11.3 Å². The van der Waals surface area contributed by atoms with Gasteiger partial charge >= 0.3 is 5.97 Å². The van der Waals surface area contributed by atoms with E-state index in [2.05, 4.69) is 5.32 Å². The molecule has 3 rings (SSSR count). The zero-order chi connectivity index (χ0) is 23.1. The molecule has 0 fully saturated rings. The second kappa shape index (κ2) is 10.4. The third kappa shape index (κ3) is 5.85. The summed E-state index contributed by atoms with van der Waals surface area (Å²) < 4.78 is 12.3. The van der Waals surface area contributed by atoms with Crippen molar-refractivity contribution in [2.24, 2.45) is 0 Å². The lowest BCUT2D eigenvalue weighted by Crippen LogP contribution is -2.34. The maximum atomic E-state index is 12.6. The molecule has 0 unspecified atom stereocenters. The number of rotatable bonds is 9. The van der Waals surface area contributed by atoms with E-state index in [4.69, 9.17) is 9.47 Å². The molecule has 1 N–H and O–H groups in total. The summed E-state index contributed by atoms with van der Waals surface area (Å²) in [5.74, 6) is -0.903. The van der Waals surface area contributed by atoms with E-state index in [0.717, 1.165) is 22.6 Å². The fraction of sp³-hybridized carbons (Fsp3) is 0.240. The van der Waals surface area contributed by atoms with E-state index >= 15 is 0 Å². The number of nitrogens with one attached hydrogen (secondary N) is 1. The van der Waals surface area contributed by atoms with Gasteiger partial charge in [-0.3, -0.25) is 14.4 Å². The molecule has 2 aromatic carbocycles. The molecule has 0 saturated carbocycles. The number of hydrogen-bond acceptors (Lipinski definition) is 5. The highest BCUT2D eigenvalue weighted by Crippen LogP contribution is 2.21. The van der Waals surface area contributed by atoms with E-state index in [1.54, 1.807) is 30.3 Å². The van der Waals surface area contributed by atoms with Gasteiger partial charge in [0.05, 0.1) is 0 Å². The van der Waals surface area contributed by atoms with Crippen LogP contribution < -0.4 is 10.1 Å². The standard InChI is InChI=1S/C25H26N2O5/c1-17-9-11-20(12-10-17)27-18(2)13-22(19(27)3)23(28)15-32-25(30)14-26-24(29)16-31-21-7-5-4-6-8-21/h4-13H,14-16H2,1-3H3,(H,26,29). The minimum atomic E-state index is -0.696. The molecule has 0 atom stereocenters. The SMILES string of the molecule is Cc1ccc(-n2c(C)cc(C(=O)COC(=O)CNC(=O)COc3ccccc3)c2C)cc1. The Balaban J connectivity index is 1.49. The fourth-order valence-electron chi connectivity index (χ4n) is 3.30. The number of hydrogen-bond donors (Lipinski definition) is 1. The minimum Gasteiger partial charge on any atom is -0.484 e. The van der Waals surface area contributed by atoms with Gasteiger partial charge in [0.2, 0.25) is 5.78 Å². The number of Topliss-reactive ketones (excluding diaryl/α,β-unsaturated/α-hetero) is 1. The number of aromatic nitrogens is 1. The molecule has 1 amide bonds. The van der Waals surface area contributed by atoms with Gasteiger partial charge in [0.15, 0.2) is 13.2 Å². The zero-order valence-corrected chi connectivity index (χ0v) is 18.4. The maximum absolute atomic E-state index is 12.6. The van der Waals surface area contributed by atoms with Gasteiger partial charge in [-0.05, 0) is 51.1 Å². The average Bonchev–Trinajstić information content (AvgIpc) is 3.10. The van der Waals surface area contributed by atoms with Crippen LogP contribution in [0.3, 0.4) is 0 Å². The lowest BCUT2D eigenvalue weighted by atomic mass is 10.1. The minimum absolute atomic E-state index is 0.221. The molecule has 7 nitrogen and oxygen atoms in total. The van der Waals surface area contributed by atoms with Gasteiger partial charge in [-0.1, -0.05) is 35.9 Å². The highest BCUT2D eigenvalue weighted by molar-refractivity contribution is 5.99. The van der Waals surface area contributed by atoms with E-state index in [9.17, 15) is 14.4 Å². The molecule has 1 heterocycles. The molecule has 0 spiro atoms. The summed E-state index contributed by atoms with van der Waals surface area (Å²) in [5.41, 5.74) is 4.29. The molecule has 0 aliphatic rings. The molecule has 166 valence electrons. The smallest absolute Gasteiger partial charge is 0.325 e. The van der Waals surface area contributed by atoms with Crippen LogP contribution in [0.2, 0.25) is 0 Å². The Kier molecular flexibility index (Phi) is 7.44. The summed E-state index contributed by atoms with van der Waals surface area (Å²) in [6.45, 7) is 4.83. The van der Waals surface area contributed by atoms with Crippen molar-refractivity contribution in [2.45, 2.75) is 20.8 Å². The van der Waals surface area contributed by atoms with Crippen molar-refractivity contribution in [2.75, 3.05) is 19.8 Å². The summed E-state index contributed by atoms with van der Waals surface area (Å²) in [5, 5.41) is 2.41. The van der Waals surface area contributed by atoms with Gasteiger partial charge in [-0.15, -0.1) is 0 Å². The summed E-state index contributed by atoms with van der Waals surface area (Å²) in [6, 6.07) is 18.7. The van der Waals surface area contributed by atoms with E-state index in [1.807, 2.05) is 55.7 Å². The molecular weight excluding hydrogens is 408 g/mol. The van der Waals surface area contributed by atoms with E-state index in [1.165, 1.54) is 0 Å². The molecule has 0 bridgehead atoms. The number of amides is 1. The number of ether oxygens (including phenoxy) is 2. The second-order valence-electron chi connectivity index (χ2n) is 7.42. The number of para-hydroxylation sites is 1. The topological polar surface area (TPSA) is 86.6 Å². The first kappa shape index (κ1) is 22.8. The van der Waals surface area contributed by atoms with Crippen LogP contribution in [-0.2, 0) is 14.3 Å². The van der Waals surface area contributed by atoms with Crippen LogP contribution in [0, 0.1) is 20.8 Å². The summed E-state index contributed by atoms with van der Waals surface area (Å²) in [4.78, 5) is 36.4. The molecule has 32 heavy (non-hydrogen) atoms. The highest BCUT2D eigenvalue weighted by atomic mass is 16.5. The second-order valence-corrected chi connectivity index (χ2v) is 7.42. The molecule has 0 saturated heterocycles. The number of carbonyl (C=O) groups is 3. The van der Waals surface area contributed by atoms with Crippen molar-refractivity contribution < 1.29 is 23.9 Å². The Hall–Kier alpha value is -3.87. The molecular formula is C25H26N2O5.